The van der Waals surface area contributed by atoms with Gasteiger partial charge in [0.2, 0.25) is 0 Å². The molecule has 1 rings (SSSR count). The van der Waals surface area contributed by atoms with E-state index in [0.29, 0.717) is 18.8 Å². The molecular weight excluding hydrogens is 291 g/mol. The van der Waals surface area contributed by atoms with Crippen LogP contribution < -0.4 is 0 Å². The molecule has 3 heteroatoms. The van der Waals surface area contributed by atoms with Gasteiger partial charge in [-0.3, -0.25) is 4.79 Å². The lowest BCUT2D eigenvalue weighted by atomic mass is 9.89. The van der Waals surface area contributed by atoms with Crippen molar-refractivity contribution in [2.45, 2.75) is 90.6 Å². The molecule has 0 spiro atoms. The molecule has 0 aromatic rings. The van der Waals surface area contributed by atoms with Crippen LogP contribution in [0.25, 0.3) is 0 Å². The van der Waals surface area contributed by atoms with E-state index < -0.39 is 5.67 Å². The van der Waals surface area contributed by atoms with Crippen molar-refractivity contribution in [3.63, 3.8) is 0 Å². The van der Waals surface area contributed by atoms with Gasteiger partial charge in [0.05, 0.1) is 12.9 Å². The molecule has 134 valence electrons. The zero-order valence-electron chi connectivity index (χ0n) is 15.5. The van der Waals surface area contributed by atoms with E-state index in [2.05, 4.69) is 6.92 Å². The standard InChI is InChI=1S/C20H35FO2/c1-5-16(15-20(2,3)21)11-13-19(23-4)14-18(22)12-10-17-8-6-7-9-17/h14,16-17H,5-13,15H2,1-4H3/b19-14-. The van der Waals surface area contributed by atoms with Gasteiger partial charge in [-0.05, 0) is 44.9 Å². The second-order valence-electron chi connectivity index (χ2n) is 7.71. The van der Waals surface area contributed by atoms with Crippen molar-refractivity contribution in [3.05, 3.63) is 11.8 Å². The van der Waals surface area contributed by atoms with Gasteiger partial charge in [-0.25, -0.2) is 4.39 Å². The van der Waals surface area contributed by atoms with Crippen LogP contribution in [0.15, 0.2) is 11.8 Å². The number of halogens is 1. The largest absolute Gasteiger partial charge is 0.501 e. The predicted octanol–water partition coefficient (Wildman–Crippen LogP) is 6.00. The van der Waals surface area contributed by atoms with Crippen LogP contribution in [0.4, 0.5) is 4.39 Å². The van der Waals surface area contributed by atoms with Crippen LogP contribution in [0.1, 0.15) is 85.0 Å². The van der Waals surface area contributed by atoms with Crippen molar-refractivity contribution in [3.8, 4) is 0 Å². The van der Waals surface area contributed by atoms with E-state index in [0.717, 1.165) is 37.4 Å². The quantitative estimate of drug-likeness (QED) is 0.344. The van der Waals surface area contributed by atoms with E-state index in [-0.39, 0.29) is 5.78 Å². The van der Waals surface area contributed by atoms with Crippen molar-refractivity contribution in [1.82, 2.24) is 0 Å². The van der Waals surface area contributed by atoms with Crippen LogP contribution in [-0.4, -0.2) is 18.6 Å². The zero-order chi connectivity index (χ0) is 17.3. The van der Waals surface area contributed by atoms with Crippen molar-refractivity contribution in [2.75, 3.05) is 7.11 Å². The molecule has 0 bridgehead atoms. The second-order valence-corrected chi connectivity index (χ2v) is 7.71. The minimum absolute atomic E-state index is 0.174. The zero-order valence-corrected chi connectivity index (χ0v) is 15.5. The van der Waals surface area contributed by atoms with E-state index in [1.165, 1.54) is 25.7 Å². The van der Waals surface area contributed by atoms with Gasteiger partial charge >= 0.3 is 0 Å². The van der Waals surface area contributed by atoms with Crippen LogP contribution in [0, 0.1) is 11.8 Å². The predicted molar refractivity (Wildman–Crippen MR) is 94.1 cm³/mol. The minimum Gasteiger partial charge on any atom is -0.501 e. The van der Waals surface area contributed by atoms with E-state index in [9.17, 15) is 9.18 Å². The molecule has 0 heterocycles. The van der Waals surface area contributed by atoms with Crippen molar-refractivity contribution in [1.29, 1.82) is 0 Å². The molecule has 1 fully saturated rings. The van der Waals surface area contributed by atoms with Gasteiger partial charge < -0.3 is 4.74 Å². The Morgan fingerprint density at radius 1 is 1.30 bits per heavy atom. The first-order chi connectivity index (χ1) is 10.8. The van der Waals surface area contributed by atoms with Gasteiger partial charge in [0.1, 0.15) is 5.67 Å². The Hall–Kier alpha value is -0.860. The van der Waals surface area contributed by atoms with Crippen molar-refractivity contribution in [2.24, 2.45) is 11.8 Å². The third-order valence-electron chi connectivity index (χ3n) is 5.01. The highest BCUT2D eigenvalue weighted by atomic mass is 19.1. The third-order valence-corrected chi connectivity index (χ3v) is 5.01. The lowest BCUT2D eigenvalue weighted by Gasteiger charge is -2.22. The Bertz CT molecular complexity index is 376. The molecule has 1 atom stereocenters. The van der Waals surface area contributed by atoms with Gasteiger partial charge in [0, 0.05) is 18.9 Å². The summed E-state index contributed by atoms with van der Waals surface area (Å²) in [7, 11) is 1.62. The molecular formula is C20H35FO2. The molecule has 1 aliphatic carbocycles. The van der Waals surface area contributed by atoms with Gasteiger partial charge in [-0.2, -0.15) is 0 Å². The van der Waals surface area contributed by atoms with Gasteiger partial charge in [0.15, 0.2) is 5.78 Å². The van der Waals surface area contributed by atoms with E-state index >= 15 is 0 Å². The normalized spacial score (nSPS) is 18.2. The monoisotopic (exact) mass is 326 g/mol. The minimum atomic E-state index is -1.13. The fourth-order valence-electron chi connectivity index (χ4n) is 3.61. The maximum absolute atomic E-state index is 13.8. The fraction of sp³-hybridized carbons (Fsp3) is 0.850. The summed E-state index contributed by atoms with van der Waals surface area (Å²) in [5.41, 5.74) is -1.13. The number of hydrogen-bond donors (Lipinski definition) is 0. The lowest BCUT2D eigenvalue weighted by molar-refractivity contribution is -0.115. The second kappa shape index (κ2) is 10.1. The number of alkyl halides is 1. The van der Waals surface area contributed by atoms with Crippen LogP contribution in [0.2, 0.25) is 0 Å². The Morgan fingerprint density at radius 2 is 1.96 bits per heavy atom. The summed E-state index contributed by atoms with van der Waals surface area (Å²) in [5, 5.41) is 0. The van der Waals surface area contributed by atoms with E-state index in [4.69, 9.17) is 4.74 Å². The van der Waals surface area contributed by atoms with Gasteiger partial charge in [-0.15, -0.1) is 0 Å². The maximum Gasteiger partial charge on any atom is 0.159 e. The maximum atomic E-state index is 13.8. The van der Waals surface area contributed by atoms with Gasteiger partial charge in [0.25, 0.3) is 0 Å². The summed E-state index contributed by atoms with van der Waals surface area (Å²) in [6.07, 6.45) is 11.6. The highest BCUT2D eigenvalue weighted by Crippen LogP contribution is 2.29. The fourth-order valence-corrected chi connectivity index (χ4v) is 3.61. The Labute approximate surface area is 141 Å². The highest BCUT2D eigenvalue weighted by Gasteiger charge is 2.21. The number of ketones is 1. The molecule has 1 saturated carbocycles. The summed E-state index contributed by atoms with van der Waals surface area (Å²) in [5.74, 6) is 2.00. The topological polar surface area (TPSA) is 26.3 Å². The SMILES string of the molecule is CCC(CC/C(=C/C(=O)CCC1CCCC1)OC)CC(C)(C)F. The van der Waals surface area contributed by atoms with Crippen molar-refractivity contribution >= 4 is 5.78 Å². The van der Waals surface area contributed by atoms with E-state index in [1.807, 2.05) is 0 Å². The number of allylic oxidation sites excluding steroid dienone is 2. The third kappa shape index (κ3) is 9.12. The first kappa shape index (κ1) is 20.2. The lowest BCUT2D eigenvalue weighted by Crippen LogP contribution is -2.18. The van der Waals surface area contributed by atoms with Crippen LogP contribution in [-0.2, 0) is 9.53 Å². The first-order valence-electron chi connectivity index (χ1n) is 9.30. The number of carbonyl (C=O) groups excluding carboxylic acids is 1. The molecule has 0 aromatic carbocycles. The molecule has 0 N–H and O–H groups in total. The number of hydrogen-bond acceptors (Lipinski definition) is 2. The first-order valence-corrected chi connectivity index (χ1v) is 9.30. The molecule has 1 unspecified atom stereocenters. The average molecular weight is 326 g/mol. The Balaban J connectivity index is 2.39. The number of carbonyl (C=O) groups is 1. The molecule has 0 radical (unpaired) electrons. The molecule has 0 saturated heterocycles. The molecule has 0 amide bonds. The molecule has 0 aromatic heterocycles. The molecule has 0 aliphatic heterocycles. The van der Waals surface area contributed by atoms with Gasteiger partial charge in [-0.1, -0.05) is 39.0 Å². The van der Waals surface area contributed by atoms with Crippen LogP contribution in [0.3, 0.4) is 0 Å². The highest BCUT2D eigenvalue weighted by molar-refractivity contribution is 5.89. The summed E-state index contributed by atoms with van der Waals surface area (Å²) < 4.78 is 19.2. The molecule has 1 aliphatic rings. The smallest absolute Gasteiger partial charge is 0.159 e. The Kier molecular flexibility index (Phi) is 8.86. The van der Waals surface area contributed by atoms with Crippen molar-refractivity contribution < 1.29 is 13.9 Å². The number of methoxy groups -OCH3 is 1. The summed E-state index contributed by atoms with van der Waals surface area (Å²) >= 11 is 0. The Morgan fingerprint density at radius 3 is 2.48 bits per heavy atom. The summed E-state index contributed by atoms with van der Waals surface area (Å²) in [6, 6.07) is 0. The average Bonchev–Trinajstić information content (AvgIpc) is 3.00. The summed E-state index contributed by atoms with van der Waals surface area (Å²) in [6.45, 7) is 5.36. The van der Waals surface area contributed by atoms with Crippen LogP contribution >= 0.6 is 0 Å². The summed E-state index contributed by atoms with van der Waals surface area (Å²) in [4.78, 5) is 12.1. The number of ether oxygens (including phenoxy) is 1. The van der Waals surface area contributed by atoms with Crippen LogP contribution in [0.5, 0.6) is 0 Å². The molecule has 2 nitrogen and oxygen atoms in total. The molecule has 23 heavy (non-hydrogen) atoms. The van der Waals surface area contributed by atoms with E-state index in [1.54, 1.807) is 27.0 Å². The number of rotatable bonds is 11.